The summed E-state index contributed by atoms with van der Waals surface area (Å²) >= 11 is 0. The molecule has 0 N–H and O–H groups in total. The number of rotatable bonds is 7. The van der Waals surface area contributed by atoms with Crippen LogP contribution >= 0.6 is 0 Å². The third-order valence-corrected chi connectivity index (χ3v) is 5.44. The van der Waals surface area contributed by atoms with Crippen molar-refractivity contribution in [3.05, 3.63) is 30.2 Å². The van der Waals surface area contributed by atoms with Gasteiger partial charge in [0.2, 0.25) is 5.95 Å². The Bertz CT molecular complexity index is 801. The standard InChI is InChI=1S/C20H25F3N4O/c21-16-6-5-15(13-18(16)28-19(22)23)17-14-27(12-11-25-7-4-8-25)20(24-17)26-9-2-1-3-10-26/h5-6,13-14,19H,1-4,7-12H2. The topological polar surface area (TPSA) is 33.5 Å². The largest absolute Gasteiger partial charge is 0.432 e. The number of hydrogen-bond acceptors (Lipinski definition) is 4. The van der Waals surface area contributed by atoms with E-state index in [2.05, 4.69) is 19.1 Å². The Hall–Kier alpha value is -2.22. The van der Waals surface area contributed by atoms with Crippen molar-refractivity contribution in [1.82, 2.24) is 14.5 Å². The molecule has 0 spiro atoms. The van der Waals surface area contributed by atoms with Crippen molar-refractivity contribution in [2.24, 2.45) is 0 Å². The molecule has 0 bridgehead atoms. The first-order valence-electron chi connectivity index (χ1n) is 9.89. The Kier molecular flexibility index (Phi) is 5.75. The molecule has 4 rings (SSSR count). The van der Waals surface area contributed by atoms with Gasteiger partial charge >= 0.3 is 6.61 Å². The van der Waals surface area contributed by atoms with E-state index in [0.717, 1.165) is 64.1 Å². The summed E-state index contributed by atoms with van der Waals surface area (Å²) in [6.45, 7) is 2.90. The second-order valence-corrected chi connectivity index (χ2v) is 7.39. The summed E-state index contributed by atoms with van der Waals surface area (Å²) in [5.74, 6) is -0.365. The Morgan fingerprint density at radius 3 is 2.46 bits per heavy atom. The van der Waals surface area contributed by atoms with Crippen molar-refractivity contribution >= 4 is 5.95 Å². The number of imidazole rings is 1. The molecule has 2 aliphatic heterocycles. The number of ether oxygens (including phenoxy) is 1. The summed E-state index contributed by atoms with van der Waals surface area (Å²) in [5.41, 5.74) is 1.21. The van der Waals surface area contributed by atoms with Crippen LogP contribution in [0.3, 0.4) is 0 Å². The summed E-state index contributed by atoms with van der Waals surface area (Å²) < 4.78 is 45.3. The maximum atomic E-state index is 13.8. The molecule has 152 valence electrons. The fraction of sp³-hybridized carbons (Fsp3) is 0.550. The fourth-order valence-electron chi connectivity index (χ4n) is 3.76. The number of benzene rings is 1. The fourth-order valence-corrected chi connectivity index (χ4v) is 3.76. The molecule has 1 aromatic heterocycles. The highest BCUT2D eigenvalue weighted by Gasteiger charge is 2.21. The van der Waals surface area contributed by atoms with Gasteiger partial charge in [-0.2, -0.15) is 8.78 Å². The molecule has 2 saturated heterocycles. The van der Waals surface area contributed by atoms with Gasteiger partial charge in [-0.15, -0.1) is 0 Å². The quantitative estimate of drug-likeness (QED) is 0.711. The zero-order chi connectivity index (χ0) is 19.5. The molecular formula is C20H25F3N4O. The zero-order valence-electron chi connectivity index (χ0n) is 15.8. The van der Waals surface area contributed by atoms with Crippen LogP contribution in [0.2, 0.25) is 0 Å². The summed E-state index contributed by atoms with van der Waals surface area (Å²) in [6.07, 6.45) is 6.68. The van der Waals surface area contributed by atoms with Crippen LogP contribution in [-0.2, 0) is 6.54 Å². The number of aromatic nitrogens is 2. The van der Waals surface area contributed by atoms with E-state index in [-0.39, 0.29) is 0 Å². The van der Waals surface area contributed by atoms with E-state index in [4.69, 9.17) is 4.98 Å². The van der Waals surface area contributed by atoms with Crippen molar-refractivity contribution in [2.75, 3.05) is 37.6 Å². The molecule has 2 aliphatic rings. The summed E-state index contributed by atoms with van der Waals surface area (Å²) in [7, 11) is 0. The van der Waals surface area contributed by atoms with Gasteiger partial charge in [-0.3, -0.25) is 0 Å². The molecule has 1 aromatic carbocycles. The van der Waals surface area contributed by atoms with Gasteiger partial charge in [0.1, 0.15) is 0 Å². The first kappa shape index (κ1) is 19.1. The van der Waals surface area contributed by atoms with Crippen LogP contribution in [0.5, 0.6) is 5.75 Å². The predicted molar refractivity (Wildman–Crippen MR) is 101 cm³/mol. The van der Waals surface area contributed by atoms with Gasteiger partial charge in [0.15, 0.2) is 11.6 Å². The first-order valence-corrected chi connectivity index (χ1v) is 9.89. The number of anilines is 1. The lowest BCUT2D eigenvalue weighted by molar-refractivity contribution is -0.0521. The minimum atomic E-state index is -3.07. The average molecular weight is 394 g/mol. The van der Waals surface area contributed by atoms with Gasteiger partial charge in [-0.25, -0.2) is 9.37 Å². The maximum absolute atomic E-state index is 13.8. The van der Waals surface area contributed by atoms with Gasteiger partial charge < -0.3 is 19.1 Å². The number of alkyl halides is 2. The summed E-state index contributed by atoms with van der Waals surface area (Å²) in [6, 6.07) is 3.99. The van der Waals surface area contributed by atoms with E-state index in [1.165, 1.54) is 18.9 Å². The van der Waals surface area contributed by atoms with E-state index >= 15 is 0 Å². The van der Waals surface area contributed by atoms with E-state index in [0.29, 0.717) is 11.3 Å². The lowest BCUT2D eigenvalue weighted by atomic mass is 10.1. The average Bonchev–Trinajstić information content (AvgIpc) is 3.07. The highest BCUT2D eigenvalue weighted by molar-refractivity contribution is 5.63. The maximum Gasteiger partial charge on any atom is 0.387 e. The second-order valence-electron chi connectivity index (χ2n) is 7.39. The lowest BCUT2D eigenvalue weighted by Crippen LogP contribution is -2.39. The van der Waals surface area contributed by atoms with Crippen LogP contribution in [0.15, 0.2) is 24.4 Å². The first-order chi connectivity index (χ1) is 13.6. The highest BCUT2D eigenvalue weighted by atomic mass is 19.3. The number of piperidine rings is 1. The molecule has 0 atom stereocenters. The van der Waals surface area contributed by atoms with E-state index in [1.54, 1.807) is 6.07 Å². The van der Waals surface area contributed by atoms with Crippen LogP contribution in [-0.4, -0.2) is 53.8 Å². The normalized spacial score (nSPS) is 17.8. The smallest absolute Gasteiger partial charge is 0.387 e. The van der Waals surface area contributed by atoms with Crippen LogP contribution in [0.1, 0.15) is 25.7 Å². The minimum Gasteiger partial charge on any atom is -0.432 e. The lowest BCUT2D eigenvalue weighted by Gasteiger charge is -2.32. The van der Waals surface area contributed by atoms with Crippen molar-refractivity contribution in [3.63, 3.8) is 0 Å². The number of halogens is 3. The summed E-state index contributed by atoms with van der Waals surface area (Å²) in [5, 5.41) is 0. The highest BCUT2D eigenvalue weighted by Crippen LogP contribution is 2.30. The molecule has 0 radical (unpaired) electrons. The van der Waals surface area contributed by atoms with E-state index in [9.17, 15) is 13.2 Å². The van der Waals surface area contributed by atoms with E-state index < -0.39 is 18.2 Å². The van der Waals surface area contributed by atoms with Crippen molar-refractivity contribution in [1.29, 1.82) is 0 Å². The van der Waals surface area contributed by atoms with Crippen LogP contribution in [0.4, 0.5) is 19.1 Å². The molecule has 2 aromatic rings. The molecule has 0 aliphatic carbocycles. The van der Waals surface area contributed by atoms with Crippen molar-refractivity contribution in [2.45, 2.75) is 38.8 Å². The Balaban J connectivity index is 1.61. The van der Waals surface area contributed by atoms with E-state index in [1.807, 2.05) is 6.20 Å². The molecule has 5 nitrogen and oxygen atoms in total. The molecule has 0 unspecified atom stereocenters. The zero-order valence-corrected chi connectivity index (χ0v) is 15.8. The SMILES string of the molecule is Fc1ccc(-c2cn(CCN3CCC3)c(N3CCCCC3)n2)cc1OC(F)F. The van der Waals surface area contributed by atoms with Crippen LogP contribution in [0.25, 0.3) is 11.3 Å². The summed E-state index contributed by atoms with van der Waals surface area (Å²) in [4.78, 5) is 9.46. The molecular weight excluding hydrogens is 369 g/mol. The van der Waals surface area contributed by atoms with Gasteiger partial charge in [0.25, 0.3) is 0 Å². The van der Waals surface area contributed by atoms with Crippen molar-refractivity contribution in [3.8, 4) is 17.0 Å². The predicted octanol–water partition coefficient (Wildman–Crippen LogP) is 3.99. The monoisotopic (exact) mass is 394 g/mol. The number of likely N-dealkylation sites (tertiary alicyclic amines) is 1. The number of hydrogen-bond donors (Lipinski definition) is 0. The van der Waals surface area contributed by atoms with Crippen LogP contribution in [0, 0.1) is 5.82 Å². The third kappa shape index (κ3) is 4.27. The molecule has 0 amide bonds. The molecule has 0 saturated carbocycles. The molecule has 28 heavy (non-hydrogen) atoms. The second kappa shape index (κ2) is 8.43. The van der Waals surface area contributed by atoms with Crippen molar-refractivity contribution < 1.29 is 17.9 Å². The molecule has 3 heterocycles. The Labute approximate surface area is 162 Å². The minimum absolute atomic E-state index is 0.456. The van der Waals surface area contributed by atoms with Gasteiger partial charge in [-0.05, 0) is 57.0 Å². The molecule has 2 fully saturated rings. The van der Waals surface area contributed by atoms with Gasteiger partial charge in [0.05, 0.1) is 5.69 Å². The Morgan fingerprint density at radius 2 is 1.79 bits per heavy atom. The van der Waals surface area contributed by atoms with Gasteiger partial charge in [-0.1, -0.05) is 0 Å². The van der Waals surface area contributed by atoms with Crippen LogP contribution < -0.4 is 9.64 Å². The molecule has 8 heteroatoms. The van der Waals surface area contributed by atoms with Gasteiger partial charge in [0, 0.05) is 37.9 Å². The third-order valence-electron chi connectivity index (χ3n) is 5.44. The number of nitrogens with zero attached hydrogens (tertiary/aromatic N) is 4. The Morgan fingerprint density at radius 1 is 1.00 bits per heavy atom.